The van der Waals surface area contributed by atoms with Crippen LogP contribution < -0.4 is 26.1 Å². The van der Waals surface area contributed by atoms with Gasteiger partial charge in [-0.2, -0.15) is 0 Å². The Morgan fingerprint density at radius 3 is 2.48 bits per heavy atom. The second-order valence-electron chi connectivity index (χ2n) is 8.52. The number of aromatic nitrogens is 2. The molecule has 5 rings (SSSR count). The van der Waals surface area contributed by atoms with E-state index >= 15 is 0 Å². The lowest BCUT2D eigenvalue weighted by Crippen LogP contribution is -2.46. The van der Waals surface area contributed by atoms with Crippen molar-refractivity contribution in [2.75, 3.05) is 74.1 Å². The largest absolute Gasteiger partial charge is 0.378 e. The first-order valence-electron chi connectivity index (χ1n) is 11.6. The van der Waals surface area contributed by atoms with Crippen molar-refractivity contribution >= 4 is 47.1 Å². The van der Waals surface area contributed by atoms with Crippen LogP contribution in [0.1, 0.15) is 6.92 Å². The maximum Gasteiger partial charge on any atom is 0.259 e. The van der Waals surface area contributed by atoms with Crippen LogP contribution in [0.4, 0.5) is 23.0 Å². The van der Waals surface area contributed by atoms with Crippen molar-refractivity contribution in [2.45, 2.75) is 6.92 Å². The highest BCUT2D eigenvalue weighted by molar-refractivity contribution is 6.39. The highest BCUT2D eigenvalue weighted by atomic mass is 16.5. The Kier molecular flexibility index (Phi) is 6.24. The van der Waals surface area contributed by atoms with E-state index in [1.165, 1.54) is 0 Å². The van der Waals surface area contributed by atoms with Gasteiger partial charge in [-0.3, -0.25) is 4.79 Å². The number of hydrogen-bond donors (Lipinski definition) is 2. The van der Waals surface area contributed by atoms with Crippen molar-refractivity contribution in [2.24, 2.45) is 0 Å². The van der Waals surface area contributed by atoms with Crippen LogP contribution in [0.5, 0.6) is 0 Å². The number of benzene rings is 1. The van der Waals surface area contributed by atoms with Crippen molar-refractivity contribution in [3.8, 4) is 0 Å². The van der Waals surface area contributed by atoms with Crippen LogP contribution in [-0.4, -0.2) is 81.7 Å². The molecule has 1 aromatic carbocycles. The molecule has 3 aromatic rings. The van der Waals surface area contributed by atoms with Gasteiger partial charge in [0.05, 0.1) is 18.6 Å². The Morgan fingerprint density at radius 1 is 1.06 bits per heavy atom. The molecule has 8 nitrogen and oxygen atoms in total. The minimum absolute atomic E-state index is 0.207. The molecule has 170 valence electrons. The summed E-state index contributed by atoms with van der Waals surface area (Å²) in [5.41, 5.74) is 2.36. The van der Waals surface area contributed by atoms with Gasteiger partial charge in [0.25, 0.3) is 5.56 Å². The molecule has 2 aliphatic heterocycles. The van der Waals surface area contributed by atoms with Crippen LogP contribution in [0, 0.1) is 0 Å². The minimum Gasteiger partial charge on any atom is -0.378 e. The molecule has 0 spiro atoms. The second kappa shape index (κ2) is 9.45. The van der Waals surface area contributed by atoms with Crippen LogP contribution in [-0.2, 0) is 4.74 Å². The highest BCUT2D eigenvalue weighted by Crippen LogP contribution is 2.27. The summed E-state index contributed by atoms with van der Waals surface area (Å²) in [5.74, 6) is 1.36. The van der Waals surface area contributed by atoms with Crippen LogP contribution >= 0.6 is 0 Å². The number of nitrogens with one attached hydrogen (secondary N) is 2. The number of aromatic amines is 1. The lowest BCUT2D eigenvalue weighted by molar-refractivity contribution is 0.122. The molecule has 9 heteroatoms. The predicted molar refractivity (Wildman–Crippen MR) is 135 cm³/mol. The molecular weight excluding hydrogens is 415 g/mol. The maximum absolute atomic E-state index is 12.7. The lowest BCUT2D eigenvalue weighted by Gasteiger charge is -2.35. The Bertz CT molecular complexity index is 1170. The fourth-order valence-corrected chi connectivity index (χ4v) is 4.54. The van der Waals surface area contributed by atoms with E-state index in [1.807, 2.05) is 18.2 Å². The molecule has 0 bridgehead atoms. The highest BCUT2D eigenvalue weighted by Gasteiger charge is 2.20. The molecule has 2 aliphatic rings. The normalized spacial score (nSPS) is 17.5. The van der Waals surface area contributed by atoms with E-state index in [-0.39, 0.29) is 5.56 Å². The summed E-state index contributed by atoms with van der Waals surface area (Å²) in [6.07, 6.45) is 1.56. The summed E-state index contributed by atoms with van der Waals surface area (Å²) >= 11 is 0. The molecule has 0 amide bonds. The minimum atomic E-state index is -0.207. The van der Waals surface area contributed by atoms with Gasteiger partial charge in [-0.1, -0.05) is 12.4 Å². The number of hydrogen-bond acceptors (Lipinski definition) is 7. The number of nitrogens with zero attached hydrogens (tertiary/aromatic N) is 4. The average Bonchev–Trinajstić information content (AvgIpc) is 2.87. The molecule has 33 heavy (non-hydrogen) atoms. The van der Waals surface area contributed by atoms with Crippen LogP contribution in [0.2, 0.25) is 0 Å². The number of H-pyrrole nitrogens is 1. The Hall–Kier alpha value is -3.04. The zero-order valence-electron chi connectivity index (χ0n) is 19.0. The van der Waals surface area contributed by atoms with E-state index in [1.54, 1.807) is 6.20 Å². The van der Waals surface area contributed by atoms with Crippen molar-refractivity contribution in [3.05, 3.63) is 46.9 Å². The molecule has 2 aromatic heterocycles. The molecule has 0 unspecified atom stereocenters. The predicted octanol–water partition coefficient (Wildman–Crippen LogP) is 1.44. The van der Waals surface area contributed by atoms with Crippen molar-refractivity contribution in [3.63, 3.8) is 0 Å². The first-order chi connectivity index (χ1) is 16.1. The van der Waals surface area contributed by atoms with E-state index in [0.29, 0.717) is 22.1 Å². The number of pyridine rings is 2. The van der Waals surface area contributed by atoms with Gasteiger partial charge in [0.1, 0.15) is 19.5 Å². The number of piperazine rings is 1. The van der Waals surface area contributed by atoms with Crippen molar-refractivity contribution < 1.29 is 4.74 Å². The van der Waals surface area contributed by atoms with Gasteiger partial charge in [-0.15, -0.1) is 0 Å². The fourth-order valence-electron chi connectivity index (χ4n) is 4.54. The molecule has 2 radical (unpaired) electrons. The fraction of sp³-hybridized carbons (Fsp3) is 0.417. The number of ether oxygens (including phenoxy) is 1. The summed E-state index contributed by atoms with van der Waals surface area (Å²) in [6, 6.07) is 10.1. The topological polar surface area (TPSA) is 76.7 Å². The lowest BCUT2D eigenvalue weighted by atomic mass is 9.93. The zero-order valence-corrected chi connectivity index (χ0v) is 19.0. The zero-order chi connectivity index (χ0) is 22.8. The van der Waals surface area contributed by atoms with Gasteiger partial charge >= 0.3 is 0 Å². The Morgan fingerprint density at radius 2 is 1.79 bits per heavy atom. The average molecular weight is 444 g/mol. The first kappa shape index (κ1) is 21.8. The Balaban J connectivity index is 1.47. The summed E-state index contributed by atoms with van der Waals surface area (Å²) in [7, 11) is 6.26. The number of rotatable bonds is 5. The molecule has 2 saturated heterocycles. The van der Waals surface area contributed by atoms with Crippen LogP contribution in [0.3, 0.4) is 0 Å². The molecule has 2 fully saturated rings. The number of anilines is 4. The number of morpholine rings is 1. The molecule has 4 heterocycles. The summed E-state index contributed by atoms with van der Waals surface area (Å²) in [5, 5.41) is 4.57. The molecule has 0 atom stereocenters. The van der Waals surface area contributed by atoms with Gasteiger partial charge in [0.2, 0.25) is 0 Å². The molecule has 0 aliphatic carbocycles. The number of likely N-dealkylation sites (N-methyl/N-ethyl adjacent to an activating group) is 1. The molecule has 2 N–H and O–H groups in total. The summed E-state index contributed by atoms with van der Waals surface area (Å²) < 4.78 is 5.45. The second-order valence-corrected chi connectivity index (χ2v) is 8.52. The third kappa shape index (κ3) is 4.56. The molecule has 0 saturated carbocycles. The van der Waals surface area contributed by atoms with E-state index in [0.717, 1.165) is 76.2 Å². The molecular formula is C24H29BN6O2. The van der Waals surface area contributed by atoms with Crippen molar-refractivity contribution in [1.29, 1.82) is 0 Å². The Labute approximate surface area is 195 Å². The van der Waals surface area contributed by atoms with Crippen LogP contribution in [0.25, 0.3) is 10.8 Å². The van der Waals surface area contributed by atoms with E-state index in [2.05, 4.69) is 44.1 Å². The van der Waals surface area contributed by atoms with Gasteiger partial charge < -0.3 is 29.7 Å². The van der Waals surface area contributed by atoms with E-state index in [4.69, 9.17) is 17.6 Å². The monoisotopic (exact) mass is 444 g/mol. The third-order valence-corrected chi connectivity index (χ3v) is 6.55. The SMILES string of the molecule is [B]c1c[nH]c(=O)c2c(Nc3ccc(N4CCOCC4)cc3)nc(N3CCN(CC)CC3)cc12. The van der Waals surface area contributed by atoms with Crippen LogP contribution in [0.15, 0.2) is 41.3 Å². The van der Waals surface area contributed by atoms with Gasteiger partial charge in [-0.05, 0) is 48.5 Å². The first-order valence-corrected chi connectivity index (χ1v) is 11.6. The van der Waals surface area contributed by atoms with Gasteiger partial charge in [0, 0.05) is 50.6 Å². The van der Waals surface area contributed by atoms with Gasteiger partial charge in [-0.25, -0.2) is 4.98 Å². The van der Waals surface area contributed by atoms with E-state index in [9.17, 15) is 4.79 Å². The third-order valence-electron chi connectivity index (χ3n) is 6.55. The summed E-state index contributed by atoms with van der Waals surface area (Å²) in [6.45, 7) is 10.3. The van der Waals surface area contributed by atoms with Gasteiger partial charge in [0.15, 0.2) is 0 Å². The maximum atomic E-state index is 12.7. The van der Waals surface area contributed by atoms with Crippen molar-refractivity contribution in [1.82, 2.24) is 14.9 Å². The smallest absolute Gasteiger partial charge is 0.259 e. The standard InChI is InChI=1S/C24H29BN6O2/c1-2-29-7-9-31(10-8-29)21-15-19-20(25)16-26-24(32)22(19)23(28-21)27-17-3-5-18(6-4-17)30-11-13-33-14-12-30/h3-6,15-16H,2,7-14H2,1H3,(H,26,32)(H,27,28). The summed E-state index contributed by atoms with van der Waals surface area (Å²) in [4.78, 5) is 27.3. The number of fused-ring (bicyclic) bond motifs is 1. The quantitative estimate of drug-likeness (QED) is 0.577. The van der Waals surface area contributed by atoms with E-state index < -0.39 is 0 Å².